The summed E-state index contributed by atoms with van der Waals surface area (Å²) in [6, 6.07) is 6.28. The number of carbonyl (C=O) groups excluding carboxylic acids is 1. The third-order valence-electron chi connectivity index (χ3n) is 2.88. The summed E-state index contributed by atoms with van der Waals surface area (Å²) >= 11 is 1.10. The molecule has 22 heavy (non-hydrogen) atoms. The molecule has 0 aliphatic carbocycles. The Hall–Kier alpha value is -2.02. The second-order valence-corrected chi connectivity index (χ2v) is 5.66. The van der Waals surface area contributed by atoms with Crippen LogP contribution in [0.3, 0.4) is 0 Å². The Bertz CT molecular complexity index is 662. The zero-order valence-corrected chi connectivity index (χ0v) is 12.6. The van der Waals surface area contributed by atoms with Gasteiger partial charge in [-0.05, 0) is 30.2 Å². The predicted octanol–water partition coefficient (Wildman–Crippen LogP) is 4.58. The Morgan fingerprint density at radius 3 is 2.45 bits per heavy atom. The topological polar surface area (TPSA) is 52.3 Å². The molecular formula is C15H14F3NO2S. The number of esters is 1. The zero-order chi connectivity index (χ0) is 16.3. The van der Waals surface area contributed by atoms with Crippen LogP contribution in [0.25, 0.3) is 10.4 Å². The molecule has 2 N–H and O–H groups in total. The van der Waals surface area contributed by atoms with Gasteiger partial charge in [-0.1, -0.05) is 19.1 Å². The van der Waals surface area contributed by atoms with Crippen molar-refractivity contribution in [3.05, 3.63) is 40.8 Å². The van der Waals surface area contributed by atoms with E-state index >= 15 is 0 Å². The predicted molar refractivity (Wildman–Crippen MR) is 79.7 cm³/mol. The van der Waals surface area contributed by atoms with Crippen LogP contribution in [-0.4, -0.2) is 12.6 Å². The van der Waals surface area contributed by atoms with Crippen molar-refractivity contribution in [1.29, 1.82) is 0 Å². The van der Waals surface area contributed by atoms with Gasteiger partial charge in [0, 0.05) is 4.88 Å². The highest BCUT2D eigenvalue weighted by atomic mass is 32.1. The Kier molecular flexibility index (Phi) is 4.75. The molecule has 3 nitrogen and oxygen atoms in total. The van der Waals surface area contributed by atoms with Gasteiger partial charge in [0.05, 0.1) is 17.9 Å². The third-order valence-corrected chi connectivity index (χ3v) is 4.06. The van der Waals surface area contributed by atoms with Crippen molar-refractivity contribution in [3.63, 3.8) is 0 Å². The van der Waals surface area contributed by atoms with Gasteiger partial charge in [0.2, 0.25) is 0 Å². The van der Waals surface area contributed by atoms with Gasteiger partial charge in [-0.15, -0.1) is 11.3 Å². The van der Waals surface area contributed by atoms with Crippen LogP contribution >= 0.6 is 11.3 Å². The van der Waals surface area contributed by atoms with Gasteiger partial charge in [0.15, 0.2) is 0 Å². The number of alkyl halides is 3. The van der Waals surface area contributed by atoms with E-state index in [2.05, 4.69) is 0 Å². The summed E-state index contributed by atoms with van der Waals surface area (Å²) in [6.45, 7) is 2.17. The average Bonchev–Trinajstić information content (AvgIpc) is 2.86. The Balaban J connectivity index is 2.25. The molecule has 2 rings (SSSR count). The van der Waals surface area contributed by atoms with Crippen molar-refractivity contribution in [2.24, 2.45) is 0 Å². The maximum absolute atomic E-state index is 12.5. The van der Waals surface area contributed by atoms with E-state index in [1.165, 1.54) is 12.1 Å². The van der Waals surface area contributed by atoms with E-state index in [1.54, 1.807) is 6.07 Å². The molecule has 0 amide bonds. The molecule has 2 aromatic rings. The van der Waals surface area contributed by atoms with E-state index in [1.807, 2.05) is 6.92 Å². The molecule has 0 radical (unpaired) electrons. The number of carbonyl (C=O) groups is 1. The second kappa shape index (κ2) is 6.39. The van der Waals surface area contributed by atoms with E-state index in [0.29, 0.717) is 23.5 Å². The quantitative estimate of drug-likeness (QED) is 0.835. The lowest BCUT2D eigenvalue weighted by Gasteiger charge is -2.06. The lowest BCUT2D eigenvalue weighted by molar-refractivity contribution is -0.137. The molecule has 0 bridgehead atoms. The number of ether oxygens (including phenoxy) is 1. The van der Waals surface area contributed by atoms with Crippen molar-refractivity contribution in [3.8, 4) is 10.4 Å². The first-order chi connectivity index (χ1) is 10.3. The zero-order valence-electron chi connectivity index (χ0n) is 11.7. The normalized spacial score (nSPS) is 11.5. The molecule has 1 aromatic heterocycles. The number of nitrogens with two attached hydrogens (primary N) is 1. The average molecular weight is 329 g/mol. The minimum Gasteiger partial charge on any atom is -0.461 e. The number of benzene rings is 1. The highest BCUT2D eigenvalue weighted by molar-refractivity contribution is 7.18. The van der Waals surface area contributed by atoms with Gasteiger partial charge in [-0.2, -0.15) is 13.2 Å². The summed E-state index contributed by atoms with van der Waals surface area (Å²) in [5.41, 5.74) is 5.89. The molecule has 0 saturated heterocycles. The Morgan fingerprint density at radius 1 is 1.27 bits per heavy atom. The SMILES string of the molecule is CCCOC(=O)c1sc(-c2ccc(C(F)(F)F)cc2)cc1N. The summed E-state index contributed by atoms with van der Waals surface area (Å²) in [5.74, 6) is -0.512. The van der Waals surface area contributed by atoms with E-state index in [0.717, 1.165) is 23.5 Å². The molecule has 0 atom stereocenters. The molecule has 118 valence electrons. The molecular weight excluding hydrogens is 315 g/mol. The summed E-state index contributed by atoms with van der Waals surface area (Å²) < 4.78 is 42.6. The van der Waals surface area contributed by atoms with Gasteiger partial charge in [0.1, 0.15) is 4.88 Å². The van der Waals surface area contributed by atoms with Crippen LogP contribution in [0.15, 0.2) is 30.3 Å². The standard InChI is InChI=1S/C15H14F3NO2S/c1-2-7-21-14(20)13-11(19)8-12(22-13)9-3-5-10(6-4-9)15(16,17)18/h3-6,8H,2,7,19H2,1H3. The Morgan fingerprint density at radius 2 is 1.91 bits per heavy atom. The number of hydrogen-bond donors (Lipinski definition) is 1. The maximum atomic E-state index is 12.5. The highest BCUT2D eigenvalue weighted by Gasteiger charge is 2.30. The molecule has 1 aromatic carbocycles. The first-order valence-electron chi connectivity index (χ1n) is 6.57. The largest absolute Gasteiger partial charge is 0.461 e. The van der Waals surface area contributed by atoms with Crippen LogP contribution in [0, 0.1) is 0 Å². The highest BCUT2D eigenvalue weighted by Crippen LogP contribution is 2.36. The fourth-order valence-corrected chi connectivity index (χ4v) is 2.77. The first kappa shape index (κ1) is 16.4. The molecule has 0 spiro atoms. The fourth-order valence-electron chi connectivity index (χ4n) is 1.79. The van der Waals surface area contributed by atoms with Crippen molar-refractivity contribution in [1.82, 2.24) is 0 Å². The minimum atomic E-state index is -4.37. The maximum Gasteiger partial charge on any atom is 0.416 e. The lowest BCUT2D eigenvalue weighted by atomic mass is 10.1. The minimum absolute atomic E-state index is 0.265. The number of halogens is 3. The smallest absolute Gasteiger partial charge is 0.416 e. The van der Waals surface area contributed by atoms with Crippen LogP contribution in [0.2, 0.25) is 0 Å². The fraction of sp³-hybridized carbons (Fsp3) is 0.267. The second-order valence-electron chi connectivity index (χ2n) is 4.61. The van der Waals surface area contributed by atoms with Crippen LogP contribution in [0.4, 0.5) is 18.9 Å². The number of anilines is 1. The molecule has 0 fully saturated rings. The first-order valence-corrected chi connectivity index (χ1v) is 7.38. The van der Waals surface area contributed by atoms with Gasteiger partial charge >= 0.3 is 12.1 Å². The summed E-state index contributed by atoms with van der Waals surface area (Å²) in [6.07, 6.45) is -3.68. The number of nitrogen functional groups attached to an aromatic ring is 1. The Labute approximate surface area is 129 Å². The van der Waals surface area contributed by atoms with Crippen molar-refractivity contribution in [2.75, 3.05) is 12.3 Å². The molecule has 0 saturated carbocycles. The number of hydrogen-bond acceptors (Lipinski definition) is 4. The van der Waals surface area contributed by atoms with E-state index in [4.69, 9.17) is 10.5 Å². The van der Waals surface area contributed by atoms with E-state index in [-0.39, 0.29) is 10.6 Å². The summed E-state index contributed by atoms with van der Waals surface area (Å²) in [7, 11) is 0. The molecule has 1 heterocycles. The molecule has 0 unspecified atom stereocenters. The van der Waals surface area contributed by atoms with Gasteiger partial charge in [-0.25, -0.2) is 4.79 Å². The van der Waals surface area contributed by atoms with Gasteiger partial charge in [0.25, 0.3) is 0 Å². The lowest BCUT2D eigenvalue weighted by Crippen LogP contribution is -2.05. The van der Waals surface area contributed by atoms with Crippen molar-refractivity contribution in [2.45, 2.75) is 19.5 Å². The van der Waals surface area contributed by atoms with Crippen LogP contribution in [0.5, 0.6) is 0 Å². The third kappa shape index (κ3) is 3.59. The van der Waals surface area contributed by atoms with Crippen molar-refractivity contribution >= 4 is 23.0 Å². The van der Waals surface area contributed by atoms with E-state index in [9.17, 15) is 18.0 Å². The number of thiophene rings is 1. The number of rotatable bonds is 4. The van der Waals surface area contributed by atoms with Crippen molar-refractivity contribution < 1.29 is 22.7 Å². The van der Waals surface area contributed by atoms with Gasteiger partial charge in [-0.3, -0.25) is 0 Å². The van der Waals surface area contributed by atoms with Crippen LogP contribution in [-0.2, 0) is 10.9 Å². The summed E-state index contributed by atoms with van der Waals surface area (Å²) in [4.78, 5) is 12.7. The van der Waals surface area contributed by atoms with Crippen LogP contribution < -0.4 is 5.73 Å². The van der Waals surface area contributed by atoms with Gasteiger partial charge < -0.3 is 10.5 Å². The molecule has 7 heteroatoms. The summed E-state index contributed by atoms with van der Waals surface area (Å²) in [5, 5.41) is 0. The molecule has 0 aliphatic heterocycles. The monoisotopic (exact) mass is 329 g/mol. The van der Waals surface area contributed by atoms with E-state index < -0.39 is 17.7 Å². The molecule has 0 aliphatic rings. The van der Waals surface area contributed by atoms with Crippen LogP contribution in [0.1, 0.15) is 28.6 Å².